The molecule has 2 aliphatic rings. The van der Waals surface area contributed by atoms with Crippen molar-refractivity contribution in [3.8, 4) is 0 Å². The molecule has 0 aromatic rings. The molecular weight excluding hydrogens is 238 g/mol. The van der Waals surface area contributed by atoms with Crippen molar-refractivity contribution >= 4 is 0 Å². The fraction of sp³-hybridized carbons (Fsp3) is 1.00. The van der Waals surface area contributed by atoms with E-state index in [-0.39, 0.29) is 0 Å². The third-order valence-corrected chi connectivity index (χ3v) is 4.43. The summed E-state index contributed by atoms with van der Waals surface area (Å²) in [6, 6.07) is 1.44. The van der Waals surface area contributed by atoms with Crippen molar-refractivity contribution in [1.29, 1.82) is 0 Å². The number of nitrogens with zero attached hydrogens (tertiary/aromatic N) is 2. The summed E-state index contributed by atoms with van der Waals surface area (Å²) in [5, 5.41) is 3.74. The van der Waals surface area contributed by atoms with Crippen molar-refractivity contribution in [3.05, 3.63) is 0 Å². The van der Waals surface area contributed by atoms with E-state index in [2.05, 4.69) is 36.1 Å². The van der Waals surface area contributed by atoms with Crippen LogP contribution in [0.5, 0.6) is 0 Å². The Morgan fingerprint density at radius 1 is 1.26 bits per heavy atom. The predicted molar refractivity (Wildman–Crippen MR) is 79.5 cm³/mol. The highest BCUT2D eigenvalue weighted by atomic mass is 16.5. The molecule has 1 aliphatic carbocycles. The van der Waals surface area contributed by atoms with Crippen molar-refractivity contribution in [2.24, 2.45) is 5.92 Å². The lowest BCUT2D eigenvalue weighted by Gasteiger charge is -2.40. The van der Waals surface area contributed by atoms with E-state index in [1.54, 1.807) is 0 Å². The highest BCUT2D eigenvalue weighted by Gasteiger charge is 2.36. The van der Waals surface area contributed by atoms with Crippen LogP contribution in [0.2, 0.25) is 0 Å². The Bertz CT molecular complexity index is 256. The SMILES string of the molecule is CCC1CNC(C2CC2)CN1CCOCCN(C)C. The van der Waals surface area contributed by atoms with E-state index in [1.807, 2.05) is 0 Å². The number of likely N-dealkylation sites (N-methyl/N-ethyl adjacent to an activating group) is 1. The highest BCUT2D eigenvalue weighted by Crippen LogP contribution is 2.34. The standard InChI is InChI=1S/C15H31N3O/c1-4-14-11-16-15(13-5-6-13)12-18(14)8-10-19-9-7-17(2)3/h13-16H,4-12H2,1-3H3. The van der Waals surface area contributed by atoms with Gasteiger partial charge in [0, 0.05) is 38.3 Å². The second-order valence-electron chi connectivity index (χ2n) is 6.32. The van der Waals surface area contributed by atoms with Gasteiger partial charge in [0.2, 0.25) is 0 Å². The van der Waals surface area contributed by atoms with E-state index < -0.39 is 0 Å². The van der Waals surface area contributed by atoms with Gasteiger partial charge in [-0.1, -0.05) is 6.92 Å². The van der Waals surface area contributed by atoms with Crippen LogP contribution in [0.3, 0.4) is 0 Å². The molecule has 0 spiro atoms. The Balaban J connectivity index is 1.66. The molecule has 2 unspecified atom stereocenters. The van der Waals surface area contributed by atoms with Crippen LogP contribution in [-0.4, -0.2) is 75.4 Å². The van der Waals surface area contributed by atoms with Gasteiger partial charge in [-0.3, -0.25) is 4.90 Å². The smallest absolute Gasteiger partial charge is 0.0594 e. The fourth-order valence-corrected chi connectivity index (χ4v) is 2.90. The predicted octanol–water partition coefficient (Wildman–Crippen LogP) is 1.03. The molecule has 1 aliphatic heterocycles. The number of ether oxygens (including phenoxy) is 1. The monoisotopic (exact) mass is 269 g/mol. The topological polar surface area (TPSA) is 27.7 Å². The molecule has 0 amide bonds. The molecule has 0 bridgehead atoms. The van der Waals surface area contributed by atoms with Gasteiger partial charge in [0.15, 0.2) is 0 Å². The van der Waals surface area contributed by atoms with E-state index in [0.717, 1.165) is 44.8 Å². The lowest BCUT2D eigenvalue weighted by molar-refractivity contribution is 0.0562. The maximum atomic E-state index is 5.75. The Hall–Kier alpha value is -0.160. The summed E-state index contributed by atoms with van der Waals surface area (Å²) in [6.07, 6.45) is 4.10. The highest BCUT2D eigenvalue weighted by molar-refractivity contribution is 4.94. The molecule has 2 fully saturated rings. The van der Waals surface area contributed by atoms with Gasteiger partial charge in [0.1, 0.15) is 0 Å². The summed E-state index contributed by atoms with van der Waals surface area (Å²) in [7, 11) is 4.18. The van der Waals surface area contributed by atoms with Crippen LogP contribution in [0.25, 0.3) is 0 Å². The van der Waals surface area contributed by atoms with Crippen molar-refractivity contribution in [2.75, 3.05) is 53.5 Å². The van der Waals surface area contributed by atoms with Gasteiger partial charge in [0.05, 0.1) is 13.2 Å². The van der Waals surface area contributed by atoms with Crippen LogP contribution in [0.4, 0.5) is 0 Å². The molecule has 0 radical (unpaired) electrons. The molecule has 1 N–H and O–H groups in total. The van der Waals surface area contributed by atoms with Gasteiger partial charge >= 0.3 is 0 Å². The number of hydrogen-bond donors (Lipinski definition) is 1. The second-order valence-corrected chi connectivity index (χ2v) is 6.32. The number of hydrogen-bond acceptors (Lipinski definition) is 4. The van der Waals surface area contributed by atoms with Crippen LogP contribution >= 0.6 is 0 Å². The number of nitrogens with one attached hydrogen (secondary N) is 1. The van der Waals surface area contributed by atoms with Gasteiger partial charge in [-0.15, -0.1) is 0 Å². The zero-order chi connectivity index (χ0) is 13.7. The molecule has 0 aromatic heterocycles. The molecule has 19 heavy (non-hydrogen) atoms. The molecule has 1 saturated heterocycles. The third kappa shape index (κ3) is 5.03. The van der Waals surface area contributed by atoms with Crippen LogP contribution < -0.4 is 5.32 Å². The largest absolute Gasteiger partial charge is 0.379 e. The average molecular weight is 269 g/mol. The first kappa shape index (κ1) is 15.2. The van der Waals surface area contributed by atoms with Crippen molar-refractivity contribution in [3.63, 3.8) is 0 Å². The first-order valence-electron chi connectivity index (χ1n) is 7.90. The molecule has 1 heterocycles. The Kier molecular flexibility index (Phi) is 6.07. The summed E-state index contributed by atoms with van der Waals surface area (Å²) in [4.78, 5) is 4.82. The third-order valence-electron chi connectivity index (χ3n) is 4.43. The van der Waals surface area contributed by atoms with E-state index in [4.69, 9.17) is 4.74 Å². The first-order chi connectivity index (χ1) is 9.20. The number of piperazine rings is 1. The molecule has 0 aromatic carbocycles. The van der Waals surface area contributed by atoms with Crippen molar-refractivity contribution in [2.45, 2.75) is 38.3 Å². The summed E-state index contributed by atoms with van der Waals surface area (Å²) < 4.78 is 5.75. The second kappa shape index (κ2) is 7.58. The average Bonchev–Trinajstić information content (AvgIpc) is 3.22. The Morgan fingerprint density at radius 3 is 2.68 bits per heavy atom. The summed E-state index contributed by atoms with van der Waals surface area (Å²) in [5.41, 5.74) is 0. The van der Waals surface area contributed by atoms with E-state index >= 15 is 0 Å². The van der Waals surface area contributed by atoms with Crippen LogP contribution in [-0.2, 0) is 4.74 Å². The molecule has 1 saturated carbocycles. The van der Waals surface area contributed by atoms with Crippen molar-refractivity contribution in [1.82, 2.24) is 15.1 Å². The molecular formula is C15H31N3O. The maximum Gasteiger partial charge on any atom is 0.0594 e. The zero-order valence-corrected chi connectivity index (χ0v) is 12.9. The van der Waals surface area contributed by atoms with Crippen molar-refractivity contribution < 1.29 is 4.74 Å². The molecule has 112 valence electrons. The van der Waals surface area contributed by atoms with Gasteiger partial charge in [0.25, 0.3) is 0 Å². The minimum atomic E-state index is 0.701. The molecule has 2 atom stereocenters. The maximum absolute atomic E-state index is 5.75. The van der Waals surface area contributed by atoms with Crippen LogP contribution in [0.15, 0.2) is 0 Å². The minimum Gasteiger partial charge on any atom is -0.379 e. The lowest BCUT2D eigenvalue weighted by Crippen LogP contribution is -2.57. The summed E-state index contributed by atoms with van der Waals surface area (Å²) in [6.45, 7) is 8.52. The van der Waals surface area contributed by atoms with Crippen LogP contribution in [0, 0.1) is 5.92 Å². The quantitative estimate of drug-likeness (QED) is 0.666. The van der Waals surface area contributed by atoms with Gasteiger partial charge < -0.3 is 15.0 Å². The van der Waals surface area contributed by atoms with Gasteiger partial charge in [-0.25, -0.2) is 0 Å². The molecule has 4 nitrogen and oxygen atoms in total. The Morgan fingerprint density at radius 2 is 2.05 bits per heavy atom. The fourth-order valence-electron chi connectivity index (χ4n) is 2.90. The van der Waals surface area contributed by atoms with E-state index in [1.165, 1.54) is 25.8 Å². The van der Waals surface area contributed by atoms with Gasteiger partial charge in [-0.05, 0) is 39.3 Å². The lowest BCUT2D eigenvalue weighted by atomic mass is 10.0. The Labute approximate surface area is 118 Å². The minimum absolute atomic E-state index is 0.701. The number of rotatable bonds is 8. The normalized spacial score (nSPS) is 29.1. The van der Waals surface area contributed by atoms with E-state index in [9.17, 15) is 0 Å². The zero-order valence-electron chi connectivity index (χ0n) is 12.9. The first-order valence-corrected chi connectivity index (χ1v) is 7.90. The summed E-state index contributed by atoms with van der Waals surface area (Å²) >= 11 is 0. The van der Waals surface area contributed by atoms with Gasteiger partial charge in [-0.2, -0.15) is 0 Å². The van der Waals surface area contributed by atoms with Crippen LogP contribution in [0.1, 0.15) is 26.2 Å². The molecule has 2 rings (SSSR count). The summed E-state index contributed by atoms with van der Waals surface area (Å²) in [5.74, 6) is 0.954. The molecule has 4 heteroatoms. The van der Waals surface area contributed by atoms with E-state index in [0.29, 0.717) is 6.04 Å².